The minimum atomic E-state index is -3.95. The summed E-state index contributed by atoms with van der Waals surface area (Å²) in [6, 6.07) is 35.9. The molecule has 0 spiro atoms. The van der Waals surface area contributed by atoms with Gasteiger partial charge in [-0.3, -0.25) is 19.4 Å². The molecule has 4 aromatic carbocycles. The van der Waals surface area contributed by atoms with Crippen molar-refractivity contribution in [1.82, 2.24) is 19.6 Å². The predicted molar refractivity (Wildman–Crippen MR) is 334 cm³/mol. The molecule has 2 N–H and O–H groups in total. The topological polar surface area (TPSA) is 237 Å². The Morgan fingerprint density at radius 2 is 1.06 bits per heavy atom. The van der Waals surface area contributed by atoms with Crippen LogP contribution in [0.5, 0.6) is 0 Å². The van der Waals surface area contributed by atoms with Gasteiger partial charge >= 0.3 is 5.97 Å². The van der Waals surface area contributed by atoms with Gasteiger partial charge in [-0.2, -0.15) is 5.10 Å². The number of sulfonamides is 1. The van der Waals surface area contributed by atoms with E-state index in [2.05, 4.69) is 51.5 Å². The number of aromatic nitrogens is 2. The number of carbonyl (C=O) groups excluding carboxylic acids is 2. The molecule has 2 heterocycles. The van der Waals surface area contributed by atoms with Gasteiger partial charge in [0, 0.05) is 30.8 Å². The van der Waals surface area contributed by atoms with Gasteiger partial charge in [0.1, 0.15) is 21.9 Å². The Morgan fingerprint density at radius 3 is 1.49 bits per heavy atom. The molecule has 0 saturated carbocycles. The van der Waals surface area contributed by atoms with Gasteiger partial charge in [-0.25, -0.2) is 22.9 Å². The number of anilines is 1. The Labute approximate surface area is 519 Å². The van der Waals surface area contributed by atoms with Gasteiger partial charge in [0.25, 0.3) is 5.91 Å². The highest BCUT2D eigenvalue weighted by molar-refractivity contribution is 7.89. The second-order valence-corrected chi connectivity index (χ2v) is 22.7. The number of hydroxylamine groups is 2. The maximum Gasteiger partial charge on any atom is 0.308 e. The van der Waals surface area contributed by atoms with E-state index < -0.39 is 21.2 Å². The molecule has 6 rings (SSSR count). The van der Waals surface area contributed by atoms with Crippen molar-refractivity contribution in [3.63, 3.8) is 0 Å². The maximum atomic E-state index is 14.4. The van der Waals surface area contributed by atoms with Gasteiger partial charge in [-0.15, -0.1) is 0 Å². The summed E-state index contributed by atoms with van der Waals surface area (Å²) in [5, 5.41) is 9.48. The average molecular weight is 1240 g/mol. The minimum absolute atomic E-state index is 0.0215. The summed E-state index contributed by atoms with van der Waals surface area (Å²) < 4.78 is 91.4. The quantitative estimate of drug-likeness (QED) is 0.0163. The van der Waals surface area contributed by atoms with E-state index in [4.69, 9.17) is 61.9 Å². The van der Waals surface area contributed by atoms with Crippen LogP contribution >= 0.6 is 0 Å². The molecule has 0 fully saturated rings. The van der Waals surface area contributed by atoms with Gasteiger partial charge in [0.15, 0.2) is 0 Å². The van der Waals surface area contributed by atoms with Crippen LogP contribution in [0.3, 0.4) is 0 Å². The van der Waals surface area contributed by atoms with E-state index in [0.29, 0.717) is 161 Å². The lowest BCUT2D eigenvalue weighted by atomic mass is 9.77. The lowest BCUT2D eigenvalue weighted by molar-refractivity contribution is -0.180. The van der Waals surface area contributed by atoms with Crippen LogP contribution in [0, 0.1) is 0 Å². The van der Waals surface area contributed by atoms with Crippen molar-refractivity contribution in [3.05, 3.63) is 149 Å². The SMILES string of the molecule is CCCN(OCC)C(=O)C1=Cc2ccc(-n3cc(S(=O)(=O)NCCOCCOCCOCCOCCOCCOCCOCCOCCOCCOCCC(=O)OC(C)(C)C)cn3)cc2NC(=NC(c2ccccc2)(c2ccccc2)c2ccccc2)C1. The van der Waals surface area contributed by atoms with Gasteiger partial charge < -0.3 is 57.4 Å². The summed E-state index contributed by atoms with van der Waals surface area (Å²) in [6.45, 7) is 18.0. The number of aliphatic imine (C=N–C) groups is 1. The van der Waals surface area contributed by atoms with Crippen LogP contribution < -0.4 is 10.0 Å². The molecular formula is C65H90N6O16S. The van der Waals surface area contributed by atoms with Gasteiger partial charge in [0.05, 0.1) is 163 Å². The molecule has 1 aliphatic heterocycles. The van der Waals surface area contributed by atoms with Crippen LogP contribution in [0.15, 0.2) is 137 Å². The summed E-state index contributed by atoms with van der Waals surface area (Å²) in [7, 11) is -3.95. The molecule has 22 nitrogen and oxygen atoms in total. The highest BCUT2D eigenvalue weighted by Gasteiger charge is 2.37. The number of esters is 1. The van der Waals surface area contributed by atoms with E-state index in [0.717, 1.165) is 22.3 Å². The van der Waals surface area contributed by atoms with Crippen LogP contribution in [0.25, 0.3) is 11.8 Å². The molecule has 0 bridgehead atoms. The Kier molecular flexibility index (Phi) is 31.9. The van der Waals surface area contributed by atoms with Crippen LogP contribution in [-0.2, 0) is 82.1 Å². The standard InChI is InChI=1S/C65H90N6O16S/c1-6-27-71(86-7-2)63(73)54-48-53-23-24-58(50-60(53)68-61(49-54)69-65(55-17-11-8-12-18-55,56-19-13-9-14-20-56)57-21-15-10-16-22-57)70-52-59(51-66-70)88(74,75)67-26-29-77-31-33-79-35-37-81-39-41-83-43-45-85-47-46-84-44-42-82-40-38-80-36-34-78-32-30-76-28-25-62(72)87-64(3,4)5/h8-24,48,50-52,67H,6-7,25-47,49H2,1-5H3,(H,68,69). The number of nitrogens with zero attached hydrogens (tertiary/aromatic N) is 4. The third-order valence-electron chi connectivity index (χ3n) is 13.0. The Morgan fingerprint density at radius 1 is 0.614 bits per heavy atom. The molecule has 1 aliphatic rings. The molecule has 0 aliphatic carbocycles. The summed E-state index contributed by atoms with van der Waals surface area (Å²) in [5.74, 6) is -0.0139. The molecule has 1 amide bonds. The molecular weight excluding hydrogens is 1150 g/mol. The van der Waals surface area contributed by atoms with Crippen molar-refractivity contribution in [2.24, 2.45) is 4.99 Å². The van der Waals surface area contributed by atoms with E-state index >= 15 is 0 Å². The van der Waals surface area contributed by atoms with E-state index in [1.165, 1.54) is 22.1 Å². The largest absolute Gasteiger partial charge is 0.460 e. The van der Waals surface area contributed by atoms with Crippen LogP contribution in [-0.4, -0.2) is 198 Å². The summed E-state index contributed by atoms with van der Waals surface area (Å²) in [4.78, 5) is 37.6. The first-order chi connectivity index (χ1) is 42.8. The lowest BCUT2D eigenvalue weighted by Crippen LogP contribution is -2.34. The highest BCUT2D eigenvalue weighted by Crippen LogP contribution is 2.42. The summed E-state index contributed by atoms with van der Waals surface area (Å²) in [6.07, 6.45) is 5.68. The number of rotatable bonds is 45. The van der Waals surface area contributed by atoms with E-state index in [9.17, 15) is 18.0 Å². The normalized spacial score (nSPS) is 13.2. The first-order valence-electron chi connectivity index (χ1n) is 30.2. The number of hydrogen-bond acceptors (Lipinski definition) is 18. The fourth-order valence-electron chi connectivity index (χ4n) is 8.97. The molecule has 0 unspecified atom stereocenters. The molecule has 5 aromatic rings. The maximum absolute atomic E-state index is 14.4. The zero-order valence-corrected chi connectivity index (χ0v) is 52.6. The second kappa shape index (κ2) is 39.7. The predicted octanol–water partition coefficient (Wildman–Crippen LogP) is 7.83. The van der Waals surface area contributed by atoms with Crippen molar-refractivity contribution in [2.45, 2.75) is 69.9 Å². The van der Waals surface area contributed by atoms with Crippen LogP contribution in [0.1, 0.15) is 76.1 Å². The first-order valence-corrected chi connectivity index (χ1v) is 31.7. The Hall–Kier alpha value is -6.29. The third-order valence-corrected chi connectivity index (χ3v) is 14.4. The fraction of sp³-hybridized carbons (Fsp3) is 0.508. The van der Waals surface area contributed by atoms with Gasteiger partial charge in [-0.1, -0.05) is 104 Å². The van der Waals surface area contributed by atoms with Crippen LogP contribution in [0.2, 0.25) is 0 Å². The van der Waals surface area contributed by atoms with Crippen molar-refractivity contribution in [2.75, 3.05) is 157 Å². The van der Waals surface area contributed by atoms with Crippen molar-refractivity contribution in [3.8, 4) is 5.69 Å². The summed E-state index contributed by atoms with van der Waals surface area (Å²) >= 11 is 0. The van der Waals surface area contributed by atoms with Gasteiger partial charge in [-0.05, 0) is 74.6 Å². The molecule has 0 radical (unpaired) electrons. The number of carbonyl (C=O) groups is 2. The minimum Gasteiger partial charge on any atom is -0.460 e. The van der Waals surface area contributed by atoms with E-state index in [1.807, 2.05) is 113 Å². The summed E-state index contributed by atoms with van der Waals surface area (Å²) in [5.41, 5.74) is 3.70. The molecule has 1 aromatic heterocycles. The third kappa shape index (κ3) is 24.9. The van der Waals surface area contributed by atoms with Crippen molar-refractivity contribution < 1.29 is 74.9 Å². The zero-order chi connectivity index (χ0) is 62.6. The second-order valence-electron chi connectivity index (χ2n) is 20.9. The number of nitrogens with one attached hydrogen (secondary N) is 2. The monoisotopic (exact) mass is 1240 g/mol. The number of amides is 1. The molecule has 482 valence electrons. The number of benzene rings is 4. The Balaban J connectivity index is 0.836. The molecule has 0 saturated heterocycles. The van der Waals surface area contributed by atoms with Crippen molar-refractivity contribution >= 4 is 39.5 Å². The van der Waals surface area contributed by atoms with Gasteiger partial charge in [0.2, 0.25) is 10.0 Å². The Bertz CT molecular complexity index is 2840. The first kappa shape index (κ1) is 70.8. The number of amidine groups is 1. The van der Waals surface area contributed by atoms with Crippen molar-refractivity contribution in [1.29, 1.82) is 0 Å². The average Bonchev–Trinajstić information content (AvgIpc) is 1.42. The van der Waals surface area contributed by atoms with E-state index in [1.54, 1.807) is 0 Å². The zero-order valence-electron chi connectivity index (χ0n) is 51.7. The molecule has 23 heteroatoms. The van der Waals surface area contributed by atoms with E-state index in [-0.39, 0.29) is 49.4 Å². The smallest absolute Gasteiger partial charge is 0.308 e. The number of hydrogen-bond donors (Lipinski definition) is 2. The highest BCUT2D eigenvalue weighted by atomic mass is 32.2. The molecule has 0 atom stereocenters. The van der Waals surface area contributed by atoms with Crippen LogP contribution in [0.4, 0.5) is 5.69 Å². The number of fused-ring (bicyclic) bond motifs is 1. The lowest BCUT2D eigenvalue weighted by Gasteiger charge is -2.33. The fourth-order valence-corrected chi connectivity index (χ4v) is 9.91. The molecule has 88 heavy (non-hydrogen) atoms. The number of ether oxygens (including phenoxy) is 11.